The number of hydrogen-bond donors (Lipinski definition) is 0. The Morgan fingerprint density at radius 1 is 1.06 bits per heavy atom. The molecule has 2 heterocycles. The van der Waals surface area contributed by atoms with Crippen molar-refractivity contribution in [3.63, 3.8) is 0 Å². The van der Waals surface area contributed by atoms with Crippen LogP contribution in [0.5, 0.6) is 5.88 Å². The molecule has 9 heteroatoms. The van der Waals surface area contributed by atoms with Crippen molar-refractivity contribution in [2.45, 2.75) is 33.3 Å². The normalized spacial score (nSPS) is 11.1. The lowest BCUT2D eigenvalue weighted by Crippen LogP contribution is -2.24. The van der Waals surface area contributed by atoms with Crippen molar-refractivity contribution in [1.29, 1.82) is 0 Å². The van der Waals surface area contributed by atoms with Crippen LogP contribution in [0.25, 0.3) is 16.9 Å². The van der Waals surface area contributed by atoms with Crippen molar-refractivity contribution < 1.29 is 9.13 Å². The van der Waals surface area contributed by atoms with Crippen LogP contribution in [-0.4, -0.2) is 19.5 Å². The van der Waals surface area contributed by atoms with Gasteiger partial charge in [-0.1, -0.05) is 55.2 Å². The largest absolute Gasteiger partial charge is 0.472 e. The molecule has 0 spiro atoms. The lowest BCUT2D eigenvalue weighted by atomic mass is 10.1. The molecular weight excluding hydrogens is 478 g/mol. The summed E-state index contributed by atoms with van der Waals surface area (Å²) in [6.07, 6.45) is 1.70. The first-order valence-corrected chi connectivity index (χ1v) is 11.3. The fourth-order valence-electron chi connectivity index (χ4n) is 3.35. The number of hydrogen-bond acceptors (Lipinski definition) is 5. The highest BCUT2D eigenvalue weighted by atomic mass is 35.5. The standard InChI is InChI=1S/C25H21Cl2FN4O2/c1-14(2)23-29-11-10-20(31-23)17-6-9-19(26)21(12-17)32-15(3)30-24(22(27)25(32)33)34-13-16-4-7-18(28)8-5-16/h4-12,14H,13H2,1-3H3. The minimum Gasteiger partial charge on any atom is -0.472 e. The number of rotatable bonds is 6. The molecular formula is C25H21Cl2FN4O2. The lowest BCUT2D eigenvalue weighted by molar-refractivity contribution is 0.291. The quantitative estimate of drug-likeness (QED) is 0.319. The first-order chi connectivity index (χ1) is 16.2. The van der Waals surface area contributed by atoms with Crippen molar-refractivity contribution in [1.82, 2.24) is 19.5 Å². The van der Waals surface area contributed by atoms with Crippen LogP contribution in [0.3, 0.4) is 0 Å². The fraction of sp³-hybridized carbons (Fsp3) is 0.200. The highest BCUT2D eigenvalue weighted by molar-refractivity contribution is 6.33. The molecule has 0 amide bonds. The van der Waals surface area contributed by atoms with Gasteiger partial charge in [0.15, 0.2) is 5.02 Å². The van der Waals surface area contributed by atoms with Gasteiger partial charge in [0.2, 0.25) is 5.88 Å². The Morgan fingerprint density at radius 2 is 1.79 bits per heavy atom. The van der Waals surface area contributed by atoms with Crippen LogP contribution in [0.1, 0.15) is 37.0 Å². The van der Waals surface area contributed by atoms with E-state index >= 15 is 0 Å². The molecule has 0 saturated carbocycles. The first kappa shape index (κ1) is 23.9. The van der Waals surface area contributed by atoms with Crippen molar-refractivity contribution in [3.8, 4) is 22.8 Å². The topological polar surface area (TPSA) is 69.9 Å². The molecule has 0 atom stereocenters. The predicted molar refractivity (Wildman–Crippen MR) is 130 cm³/mol. The van der Waals surface area contributed by atoms with Gasteiger partial charge < -0.3 is 4.74 Å². The van der Waals surface area contributed by atoms with Gasteiger partial charge in [-0.05, 0) is 42.8 Å². The Hall–Kier alpha value is -3.29. The molecule has 0 aliphatic heterocycles. The molecule has 6 nitrogen and oxygen atoms in total. The summed E-state index contributed by atoms with van der Waals surface area (Å²) in [6.45, 7) is 5.77. The van der Waals surface area contributed by atoms with Gasteiger partial charge in [0.25, 0.3) is 5.56 Å². The number of aryl methyl sites for hydroxylation is 1. The zero-order chi connectivity index (χ0) is 24.4. The van der Waals surface area contributed by atoms with E-state index in [2.05, 4.69) is 15.0 Å². The second kappa shape index (κ2) is 9.91. The average Bonchev–Trinajstić information content (AvgIpc) is 2.82. The zero-order valence-corrected chi connectivity index (χ0v) is 20.2. The summed E-state index contributed by atoms with van der Waals surface area (Å²) in [5.74, 6) is 0.874. The highest BCUT2D eigenvalue weighted by Gasteiger charge is 2.18. The second-order valence-corrected chi connectivity index (χ2v) is 8.74. The summed E-state index contributed by atoms with van der Waals surface area (Å²) in [6, 6.07) is 12.9. The van der Waals surface area contributed by atoms with Gasteiger partial charge >= 0.3 is 0 Å². The summed E-state index contributed by atoms with van der Waals surface area (Å²) in [4.78, 5) is 26.5. The van der Waals surface area contributed by atoms with Crippen molar-refractivity contribution in [2.24, 2.45) is 0 Å². The van der Waals surface area contributed by atoms with E-state index in [1.54, 1.807) is 43.5 Å². The Morgan fingerprint density at radius 3 is 2.50 bits per heavy atom. The van der Waals surface area contributed by atoms with E-state index in [1.165, 1.54) is 16.7 Å². The van der Waals surface area contributed by atoms with Gasteiger partial charge in [-0.3, -0.25) is 9.36 Å². The Balaban J connectivity index is 1.71. The maximum Gasteiger partial charge on any atom is 0.280 e. The molecule has 0 N–H and O–H groups in total. The molecule has 174 valence electrons. The predicted octanol–water partition coefficient (Wildman–Crippen LogP) is 6.15. The third-order valence-corrected chi connectivity index (χ3v) is 5.77. The third kappa shape index (κ3) is 4.95. The summed E-state index contributed by atoms with van der Waals surface area (Å²) < 4.78 is 20.1. The van der Waals surface area contributed by atoms with E-state index < -0.39 is 5.56 Å². The molecule has 0 aliphatic rings. The summed E-state index contributed by atoms with van der Waals surface area (Å²) in [5, 5.41) is 0.170. The van der Waals surface area contributed by atoms with E-state index in [0.717, 1.165) is 11.4 Å². The first-order valence-electron chi connectivity index (χ1n) is 10.5. The average molecular weight is 499 g/mol. The van der Waals surface area contributed by atoms with E-state index in [1.807, 2.05) is 19.9 Å². The maximum absolute atomic E-state index is 13.2. The molecule has 0 radical (unpaired) electrons. The third-order valence-electron chi connectivity index (χ3n) is 5.13. The molecule has 0 saturated heterocycles. The van der Waals surface area contributed by atoms with Gasteiger partial charge in [0, 0.05) is 17.7 Å². The molecule has 4 aromatic rings. The molecule has 2 aromatic carbocycles. The smallest absolute Gasteiger partial charge is 0.280 e. The van der Waals surface area contributed by atoms with Crippen LogP contribution in [-0.2, 0) is 6.61 Å². The van der Waals surface area contributed by atoms with Crippen molar-refractivity contribution >= 4 is 23.2 Å². The molecule has 4 rings (SSSR count). The molecule has 0 fully saturated rings. The van der Waals surface area contributed by atoms with Gasteiger partial charge in [0.1, 0.15) is 24.1 Å². The Kier molecular flexibility index (Phi) is 6.95. The van der Waals surface area contributed by atoms with E-state index in [9.17, 15) is 9.18 Å². The Bertz CT molecular complexity index is 1410. The minimum atomic E-state index is -0.520. The number of aromatic nitrogens is 4. The van der Waals surface area contributed by atoms with E-state index in [4.69, 9.17) is 27.9 Å². The zero-order valence-electron chi connectivity index (χ0n) is 18.7. The molecule has 2 aromatic heterocycles. The van der Waals surface area contributed by atoms with Crippen LogP contribution >= 0.6 is 23.2 Å². The van der Waals surface area contributed by atoms with Gasteiger partial charge in [-0.25, -0.2) is 14.4 Å². The van der Waals surface area contributed by atoms with E-state index in [-0.39, 0.29) is 29.2 Å². The van der Waals surface area contributed by atoms with Crippen LogP contribution in [0.15, 0.2) is 59.5 Å². The Labute approximate surface area is 206 Å². The number of nitrogens with zero attached hydrogens (tertiary/aromatic N) is 4. The number of benzene rings is 2. The molecule has 0 unspecified atom stereocenters. The fourth-order valence-corrected chi connectivity index (χ4v) is 3.73. The van der Waals surface area contributed by atoms with Crippen LogP contribution in [0.2, 0.25) is 10.0 Å². The summed E-state index contributed by atoms with van der Waals surface area (Å²) >= 11 is 12.8. The van der Waals surface area contributed by atoms with Crippen LogP contribution < -0.4 is 10.3 Å². The van der Waals surface area contributed by atoms with Gasteiger partial charge in [0.05, 0.1) is 16.4 Å². The number of ether oxygens (including phenoxy) is 1. The lowest BCUT2D eigenvalue weighted by Gasteiger charge is -2.15. The maximum atomic E-state index is 13.2. The molecule has 0 bridgehead atoms. The van der Waals surface area contributed by atoms with Crippen molar-refractivity contribution in [2.75, 3.05) is 0 Å². The number of halogens is 3. The second-order valence-electron chi connectivity index (χ2n) is 7.95. The monoisotopic (exact) mass is 498 g/mol. The SMILES string of the molecule is Cc1nc(OCc2ccc(F)cc2)c(Cl)c(=O)n1-c1cc(-c2ccnc(C(C)C)n2)ccc1Cl. The summed E-state index contributed by atoms with van der Waals surface area (Å²) in [5.41, 5.74) is 2.09. The van der Waals surface area contributed by atoms with Gasteiger partial charge in [-0.2, -0.15) is 4.98 Å². The van der Waals surface area contributed by atoms with Gasteiger partial charge in [-0.15, -0.1) is 0 Å². The molecule has 34 heavy (non-hydrogen) atoms. The summed E-state index contributed by atoms with van der Waals surface area (Å²) in [7, 11) is 0. The highest BCUT2D eigenvalue weighted by Crippen LogP contribution is 2.29. The minimum absolute atomic E-state index is 0.00519. The van der Waals surface area contributed by atoms with Crippen LogP contribution in [0, 0.1) is 12.7 Å². The molecule has 0 aliphatic carbocycles. The van der Waals surface area contributed by atoms with Crippen molar-refractivity contribution in [3.05, 3.63) is 98.2 Å². The van der Waals surface area contributed by atoms with E-state index in [0.29, 0.717) is 27.8 Å². The van der Waals surface area contributed by atoms with Crippen LogP contribution in [0.4, 0.5) is 4.39 Å².